The summed E-state index contributed by atoms with van der Waals surface area (Å²) in [7, 11) is 1.80. The minimum absolute atomic E-state index is 0.0317. The van der Waals surface area contributed by atoms with Crippen LogP contribution >= 0.6 is 11.8 Å². The largest absolute Gasteiger partial charge is 0.388 e. The summed E-state index contributed by atoms with van der Waals surface area (Å²) in [6.45, 7) is 2.28. The molecule has 0 saturated heterocycles. The van der Waals surface area contributed by atoms with Crippen LogP contribution in [0.3, 0.4) is 0 Å². The number of fused-ring (bicyclic) bond motifs is 2. The Bertz CT molecular complexity index is 968. The van der Waals surface area contributed by atoms with E-state index in [1.807, 2.05) is 24.3 Å². The summed E-state index contributed by atoms with van der Waals surface area (Å²) in [6, 6.07) is 11.1. The van der Waals surface area contributed by atoms with Gasteiger partial charge in [0.25, 0.3) is 0 Å². The molecule has 4 heteroatoms. The minimum Gasteiger partial charge on any atom is -0.388 e. The number of unbranched alkanes of at least 4 members (excludes halogenated alkanes) is 13. The smallest absolute Gasteiger partial charge is 0.196 e. The molecule has 2 aromatic carbocycles. The average molecular weight is 494 g/mol. The Hall–Kier alpha value is -2.07. The molecule has 1 aliphatic carbocycles. The molecule has 0 atom stereocenters. The lowest BCUT2D eigenvalue weighted by Gasteiger charge is -2.22. The maximum Gasteiger partial charge on any atom is 0.196 e. The Kier molecular flexibility index (Phi) is 11.9. The number of nitrogens with one attached hydrogen (secondary N) is 1. The highest BCUT2D eigenvalue weighted by atomic mass is 32.2. The van der Waals surface area contributed by atoms with E-state index >= 15 is 0 Å². The summed E-state index contributed by atoms with van der Waals surface area (Å²) in [6.07, 6.45) is 19.0. The summed E-state index contributed by atoms with van der Waals surface area (Å²) in [5.74, 6) is 0.890. The van der Waals surface area contributed by atoms with E-state index in [4.69, 9.17) is 0 Å². The number of hydrogen-bond donors (Lipinski definition) is 1. The average Bonchev–Trinajstić information content (AvgIpc) is 2.89. The Labute approximate surface area is 216 Å². The number of carbonyl (C=O) groups is 2. The molecule has 0 spiro atoms. The van der Waals surface area contributed by atoms with Gasteiger partial charge in [0.15, 0.2) is 11.6 Å². The molecule has 0 fully saturated rings. The third-order valence-corrected chi connectivity index (χ3v) is 8.21. The molecular weight excluding hydrogens is 450 g/mol. The van der Waals surface area contributed by atoms with Crippen molar-refractivity contribution in [1.29, 1.82) is 0 Å². The molecule has 0 saturated carbocycles. The molecule has 0 aromatic heterocycles. The van der Waals surface area contributed by atoms with Crippen molar-refractivity contribution in [2.45, 2.75) is 102 Å². The molecule has 0 unspecified atom stereocenters. The van der Waals surface area contributed by atoms with Gasteiger partial charge in [-0.15, -0.1) is 11.8 Å². The van der Waals surface area contributed by atoms with Crippen LogP contribution in [0.15, 0.2) is 41.3 Å². The van der Waals surface area contributed by atoms with Gasteiger partial charge in [-0.05, 0) is 24.3 Å². The molecule has 0 amide bonds. The number of anilines is 1. The van der Waals surface area contributed by atoms with E-state index in [9.17, 15) is 9.59 Å². The van der Waals surface area contributed by atoms with Gasteiger partial charge in [-0.2, -0.15) is 0 Å². The maximum atomic E-state index is 13.3. The molecule has 3 nitrogen and oxygen atoms in total. The third-order valence-electron chi connectivity index (χ3n) is 7.06. The van der Waals surface area contributed by atoms with E-state index in [1.54, 1.807) is 30.9 Å². The third kappa shape index (κ3) is 7.70. The first-order valence-corrected chi connectivity index (χ1v) is 14.8. The minimum atomic E-state index is -0.0570. The van der Waals surface area contributed by atoms with Crippen LogP contribution in [0, 0.1) is 0 Å². The monoisotopic (exact) mass is 493 g/mol. The lowest BCUT2D eigenvalue weighted by Crippen LogP contribution is -2.23. The predicted octanol–water partition coefficient (Wildman–Crippen LogP) is 9.08. The number of ketones is 2. The van der Waals surface area contributed by atoms with Crippen molar-refractivity contribution in [2.24, 2.45) is 0 Å². The van der Waals surface area contributed by atoms with Gasteiger partial charge in [-0.3, -0.25) is 9.59 Å². The number of benzene rings is 2. The van der Waals surface area contributed by atoms with E-state index < -0.39 is 0 Å². The summed E-state index contributed by atoms with van der Waals surface area (Å²) < 4.78 is 0. The van der Waals surface area contributed by atoms with Gasteiger partial charge in [-0.25, -0.2) is 0 Å². The van der Waals surface area contributed by atoms with Crippen LogP contribution in [0.25, 0.3) is 0 Å². The van der Waals surface area contributed by atoms with Gasteiger partial charge in [0.2, 0.25) is 0 Å². The molecule has 1 aliphatic rings. The molecule has 1 N–H and O–H groups in total. The Morgan fingerprint density at radius 1 is 0.629 bits per heavy atom. The number of carbonyl (C=O) groups excluding carboxylic acids is 2. The van der Waals surface area contributed by atoms with E-state index in [0.29, 0.717) is 22.3 Å². The summed E-state index contributed by atoms with van der Waals surface area (Å²) >= 11 is 1.72. The molecule has 0 heterocycles. The van der Waals surface area contributed by atoms with Crippen molar-refractivity contribution in [1.82, 2.24) is 0 Å². The van der Waals surface area contributed by atoms with Crippen LogP contribution in [-0.4, -0.2) is 24.4 Å². The first kappa shape index (κ1) is 27.5. The fraction of sp³-hybridized carbons (Fsp3) is 0.548. The van der Waals surface area contributed by atoms with Gasteiger partial charge in [0.05, 0.1) is 5.56 Å². The van der Waals surface area contributed by atoms with Crippen LogP contribution in [-0.2, 0) is 0 Å². The van der Waals surface area contributed by atoms with Gasteiger partial charge in [-0.1, -0.05) is 115 Å². The van der Waals surface area contributed by atoms with Gasteiger partial charge in [0.1, 0.15) is 0 Å². The number of rotatable bonds is 17. The summed E-state index contributed by atoms with van der Waals surface area (Å²) in [5, 5.41) is 3.10. The lowest BCUT2D eigenvalue weighted by atomic mass is 9.83. The zero-order valence-electron chi connectivity index (χ0n) is 21.8. The highest BCUT2D eigenvalue weighted by molar-refractivity contribution is 7.99. The summed E-state index contributed by atoms with van der Waals surface area (Å²) in [4.78, 5) is 27.4. The Balaban J connectivity index is 1.37. The summed E-state index contributed by atoms with van der Waals surface area (Å²) in [5.41, 5.74) is 2.87. The Morgan fingerprint density at radius 2 is 1.11 bits per heavy atom. The normalized spacial score (nSPS) is 12.5. The second-order valence-electron chi connectivity index (χ2n) is 9.76. The number of hydrogen-bond acceptors (Lipinski definition) is 4. The second kappa shape index (κ2) is 15.1. The van der Waals surface area contributed by atoms with Crippen LogP contribution in [0.5, 0.6) is 0 Å². The van der Waals surface area contributed by atoms with Crippen molar-refractivity contribution < 1.29 is 9.59 Å². The predicted molar refractivity (Wildman–Crippen MR) is 150 cm³/mol. The molecule has 3 rings (SSSR count). The van der Waals surface area contributed by atoms with Gasteiger partial charge >= 0.3 is 0 Å². The highest BCUT2D eigenvalue weighted by Gasteiger charge is 2.33. The standard InChI is InChI=1S/C31H43NO2S/c1-3-4-5-6-7-8-9-10-11-12-13-14-15-18-23-35-27-22-21-26(32-2)28-29(27)31(34)25-20-17-16-19-24(25)30(28)33/h16-17,19-22,32H,3-15,18,23H2,1-2H3. The van der Waals surface area contributed by atoms with E-state index in [-0.39, 0.29) is 11.6 Å². The molecule has 0 aliphatic heterocycles. The fourth-order valence-corrected chi connectivity index (χ4v) is 6.07. The van der Waals surface area contributed by atoms with Crippen LogP contribution < -0.4 is 5.32 Å². The SMILES string of the molecule is CCCCCCCCCCCCCCCCSc1ccc(NC)c2c1C(=O)c1ccccc1C2=O. The molecule has 2 aromatic rings. The zero-order chi connectivity index (χ0) is 24.9. The lowest BCUT2D eigenvalue weighted by molar-refractivity contribution is 0.0977. The van der Waals surface area contributed by atoms with Gasteiger partial charge in [0, 0.05) is 34.3 Å². The maximum absolute atomic E-state index is 13.3. The Morgan fingerprint density at radius 3 is 1.63 bits per heavy atom. The van der Waals surface area contributed by atoms with Crippen molar-refractivity contribution in [3.63, 3.8) is 0 Å². The molecule has 190 valence electrons. The molecular formula is C31H43NO2S. The number of thioether (sulfide) groups is 1. The quantitative estimate of drug-likeness (QED) is 0.150. The molecule has 0 radical (unpaired) electrons. The van der Waals surface area contributed by atoms with Crippen molar-refractivity contribution >= 4 is 29.0 Å². The molecule has 0 bridgehead atoms. The van der Waals surface area contributed by atoms with E-state index in [0.717, 1.165) is 22.8 Å². The highest BCUT2D eigenvalue weighted by Crippen LogP contribution is 2.38. The van der Waals surface area contributed by atoms with Crippen molar-refractivity contribution in [2.75, 3.05) is 18.1 Å². The van der Waals surface area contributed by atoms with Crippen LogP contribution in [0.2, 0.25) is 0 Å². The second-order valence-corrected chi connectivity index (χ2v) is 10.9. The topological polar surface area (TPSA) is 46.2 Å². The van der Waals surface area contributed by atoms with Gasteiger partial charge < -0.3 is 5.32 Å². The van der Waals surface area contributed by atoms with Crippen molar-refractivity contribution in [3.8, 4) is 0 Å². The first-order valence-electron chi connectivity index (χ1n) is 13.8. The zero-order valence-corrected chi connectivity index (χ0v) is 22.6. The van der Waals surface area contributed by atoms with Crippen molar-refractivity contribution in [3.05, 3.63) is 58.7 Å². The van der Waals surface area contributed by atoms with E-state index in [2.05, 4.69) is 12.2 Å². The fourth-order valence-electron chi connectivity index (χ4n) is 5.00. The van der Waals surface area contributed by atoms with Crippen LogP contribution in [0.4, 0.5) is 5.69 Å². The first-order chi connectivity index (χ1) is 17.2. The molecule has 35 heavy (non-hydrogen) atoms. The van der Waals surface area contributed by atoms with Crippen LogP contribution in [0.1, 0.15) is 129 Å². The van der Waals surface area contributed by atoms with E-state index in [1.165, 1.54) is 83.5 Å².